The molecule has 0 unspecified atom stereocenters. The van der Waals surface area contributed by atoms with Gasteiger partial charge in [0.15, 0.2) is 6.07 Å². The van der Waals surface area contributed by atoms with Gasteiger partial charge in [0.25, 0.3) is 5.90 Å². The number of benzene rings is 1. The first kappa shape index (κ1) is 13.9. The van der Waals surface area contributed by atoms with Crippen LogP contribution in [0.1, 0.15) is 19.4 Å². The number of fused-ring (bicyclic) bond motifs is 1. The topological polar surface area (TPSA) is 80.7 Å². The Balaban J connectivity index is 0.000000771. The fraction of sp³-hybridized carbons (Fsp3) is 0.154. The standard InChI is InChI=1S/C11H7N3OS.C2H6/c12-5-10(13)15-11(14)8-6-16-9-4-2-1-3-7(8)9;1-2/h1-4,6,13-14H;1-2H3. The summed E-state index contributed by atoms with van der Waals surface area (Å²) in [6.45, 7) is 4.00. The molecule has 1 heterocycles. The molecule has 0 atom stereocenters. The zero-order chi connectivity index (χ0) is 13.5. The molecule has 0 aliphatic heterocycles. The highest BCUT2D eigenvalue weighted by Crippen LogP contribution is 2.26. The lowest BCUT2D eigenvalue weighted by atomic mass is 10.2. The highest BCUT2D eigenvalue weighted by molar-refractivity contribution is 7.17. The van der Waals surface area contributed by atoms with E-state index in [1.165, 1.54) is 17.4 Å². The van der Waals surface area contributed by atoms with E-state index in [-0.39, 0.29) is 5.90 Å². The van der Waals surface area contributed by atoms with Crippen LogP contribution in [0.25, 0.3) is 10.1 Å². The highest BCUT2D eigenvalue weighted by atomic mass is 32.1. The van der Waals surface area contributed by atoms with E-state index in [2.05, 4.69) is 0 Å². The maximum Gasteiger partial charge on any atom is 0.294 e. The van der Waals surface area contributed by atoms with E-state index in [4.69, 9.17) is 20.8 Å². The van der Waals surface area contributed by atoms with Crippen molar-refractivity contribution < 1.29 is 4.74 Å². The van der Waals surface area contributed by atoms with Crippen molar-refractivity contribution in [3.05, 3.63) is 35.2 Å². The van der Waals surface area contributed by atoms with Crippen LogP contribution in [0.15, 0.2) is 29.6 Å². The Kier molecular flexibility index (Phi) is 5.03. The van der Waals surface area contributed by atoms with Crippen LogP contribution < -0.4 is 0 Å². The number of rotatable bonds is 1. The summed E-state index contributed by atoms with van der Waals surface area (Å²) >= 11 is 1.50. The normalized spacial score (nSPS) is 8.94. The highest BCUT2D eigenvalue weighted by Gasteiger charge is 2.11. The summed E-state index contributed by atoms with van der Waals surface area (Å²) in [6, 6.07) is 9.16. The Hall–Kier alpha value is -2.19. The Morgan fingerprint density at radius 1 is 1.28 bits per heavy atom. The van der Waals surface area contributed by atoms with Crippen LogP contribution in [0.4, 0.5) is 0 Å². The van der Waals surface area contributed by atoms with E-state index in [9.17, 15) is 0 Å². The van der Waals surface area contributed by atoms with E-state index in [0.29, 0.717) is 5.56 Å². The number of nitrogens with one attached hydrogen (secondary N) is 2. The number of hydrogen-bond donors (Lipinski definition) is 2. The lowest BCUT2D eigenvalue weighted by Gasteiger charge is -2.01. The third-order valence-corrected chi connectivity index (χ3v) is 2.99. The van der Waals surface area contributed by atoms with Crippen LogP contribution in [0.3, 0.4) is 0 Å². The second-order valence-corrected chi connectivity index (χ2v) is 3.93. The van der Waals surface area contributed by atoms with Gasteiger partial charge in [0.1, 0.15) is 0 Å². The summed E-state index contributed by atoms with van der Waals surface area (Å²) in [5.74, 6) is -0.732. The Labute approximate surface area is 109 Å². The molecule has 0 fully saturated rings. The quantitative estimate of drug-likeness (QED) is 0.603. The molecular formula is C13H13N3OS. The molecule has 1 aromatic carbocycles. The minimum absolute atomic E-state index is 0.163. The Bertz CT molecular complexity index is 610. The monoisotopic (exact) mass is 259 g/mol. The second kappa shape index (κ2) is 6.52. The first-order valence-electron chi connectivity index (χ1n) is 5.44. The van der Waals surface area contributed by atoms with E-state index in [1.807, 2.05) is 38.1 Å². The van der Waals surface area contributed by atoms with Crippen LogP contribution in [-0.2, 0) is 4.74 Å². The molecule has 0 aliphatic carbocycles. The van der Waals surface area contributed by atoms with Gasteiger partial charge in [-0.05, 0) is 6.07 Å². The molecule has 4 nitrogen and oxygen atoms in total. The van der Waals surface area contributed by atoms with Gasteiger partial charge in [0, 0.05) is 15.5 Å². The summed E-state index contributed by atoms with van der Waals surface area (Å²) in [5, 5.41) is 25.8. The minimum Gasteiger partial charge on any atom is -0.412 e. The predicted molar refractivity (Wildman–Crippen MR) is 74.4 cm³/mol. The zero-order valence-corrected chi connectivity index (χ0v) is 11.0. The van der Waals surface area contributed by atoms with Crippen molar-refractivity contribution in [1.29, 1.82) is 16.1 Å². The molecular weight excluding hydrogens is 246 g/mol. The maximum atomic E-state index is 8.40. The molecule has 0 saturated carbocycles. The Morgan fingerprint density at radius 2 is 1.94 bits per heavy atom. The molecule has 18 heavy (non-hydrogen) atoms. The van der Waals surface area contributed by atoms with Crippen molar-refractivity contribution in [2.24, 2.45) is 0 Å². The van der Waals surface area contributed by atoms with E-state index in [0.717, 1.165) is 10.1 Å². The van der Waals surface area contributed by atoms with E-state index >= 15 is 0 Å². The van der Waals surface area contributed by atoms with Crippen LogP contribution >= 0.6 is 11.3 Å². The predicted octanol–water partition coefficient (Wildman–Crippen LogP) is 3.77. The molecule has 92 valence electrons. The van der Waals surface area contributed by atoms with Gasteiger partial charge < -0.3 is 4.74 Å². The molecule has 0 spiro atoms. The molecule has 0 aliphatic rings. The van der Waals surface area contributed by atoms with Crippen molar-refractivity contribution in [3.63, 3.8) is 0 Å². The summed E-state index contributed by atoms with van der Waals surface area (Å²) in [7, 11) is 0. The van der Waals surface area contributed by atoms with Gasteiger partial charge in [-0.3, -0.25) is 10.8 Å². The van der Waals surface area contributed by atoms with Crippen molar-refractivity contribution >= 4 is 33.2 Å². The number of nitrogens with zero attached hydrogens (tertiary/aromatic N) is 1. The fourth-order valence-corrected chi connectivity index (χ4v) is 2.27. The lowest BCUT2D eigenvalue weighted by Crippen LogP contribution is -2.09. The number of nitriles is 1. The van der Waals surface area contributed by atoms with Crippen LogP contribution in [0, 0.1) is 22.1 Å². The third kappa shape index (κ3) is 2.93. The average molecular weight is 259 g/mol. The molecule has 2 aromatic rings. The van der Waals surface area contributed by atoms with Crippen LogP contribution in [0.2, 0.25) is 0 Å². The molecule has 0 saturated heterocycles. The molecule has 1 aromatic heterocycles. The van der Waals surface area contributed by atoms with Gasteiger partial charge in [-0.1, -0.05) is 32.0 Å². The first-order valence-corrected chi connectivity index (χ1v) is 6.32. The minimum atomic E-state index is -0.569. The lowest BCUT2D eigenvalue weighted by molar-refractivity contribution is 0.544. The smallest absolute Gasteiger partial charge is 0.294 e. The van der Waals surface area contributed by atoms with Gasteiger partial charge in [0.05, 0.1) is 5.56 Å². The summed E-state index contributed by atoms with van der Waals surface area (Å²) in [4.78, 5) is 0. The number of ether oxygens (including phenoxy) is 1. The fourth-order valence-electron chi connectivity index (χ4n) is 1.33. The van der Waals surface area contributed by atoms with Gasteiger partial charge in [-0.25, -0.2) is 0 Å². The molecule has 0 bridgehead atoms. The molecule has 2 N–H and O–H groups in total. The van der Waals surface area contributed by atoms with Gasteiger partial charge in [0.2, 0.25) is 5.90 Å². The number of thiophene rings is 1. The van der Waals surface area contributed by atoms with E-state index < -0.39 is 5.90 Å². The molecule has 0 radical (unpaired) electrons. The van der Waals surface area contributed by atoms with E-state index in [1.54, 1.807) is 5.38 Å². The van der Waals surface area contributed by atoms with Gasteiger partial charge in [-0.2, -0.15) is 5.26 Å². The summed E-state index contributed by atoms with van der Waals surface area (Å²) in [6.07, 6.45) is 0. The van der Waals surface area contributed by atoms with Crippen LogP contribution in [0.5, 0.6) is 0 Å². The summed E-state index contributed by atoms with van der Waals surface area (Å²) in [5.41, 5.74) is 0.612. The average Bonchev–Trinajstić information content (AvgIpc) is 2.84. The van der Waals surface area contributed by atoms with Crippen molar-refractivity contribution in [3.8, 4) is 6.07 Å². The van der Waals surface area contributed by atoms with Gasteiger partial charge in [-0.15, -0.1) is 11.3 Å². The zero-order valence-electron chi connectivity index (χ0n) is 10.2. The molecule has 2 rings (SSSR count). The van der Waals surface area contributed by atoms with Crippen molar-refractivity contribution in [2.75, 3.05) is 0 Å². The van der Waals surface area contributed by atoms with Gasteiger partial charge >= 0.3 is 0 Å². The number of hydrogen-bond acceptors (Lipinski definition) is 5. The van der Waals surface area contributed by atoms with Crippen molar-refractivity contribution in [1.82, 2.24) is 0 Å². The third-order valence-electron chi connectivity index (χ3n) is 2.03. The SMILES string of the molecule is CC.N#CC(=N)OC(=N)c1csc2ccccc12. The van der Waals surface area contributed by atoms with Crippen molar-refractivity contribution in [2.45, 2.75) is 13.8 Å². The summed E-state index contributed by atoms with van der Waals surface area (Å²) < 4.78 is 5.81. The maximum absolute atomic E-state index is 8.40. The molecule has 0 amide bonds. The Morgan fingerprint density at radius 3 is 2.61 bits per heavy atom. The molecule has 5 heteroatoms. The first-order chi connectivity index (χ1) is 8.72. The van der Waals surface area contributed by atoms with Crippen LogP contribution in [-0.4, -0.2) is 11.8 Å². The second-order valence-electron chi connectivity index (χ2n) is 3.02. The largest absolute Gasteiger partial charge is 0.412 e.